The number of aromatic nitrogens is 4. The van der Waals surface area contributed by atoms with Crippen molar-refractivity contribution in [1.29, 1.82) is 0 Å². The zero-order valence-corrected chi connectivity index (χ0v) is 12.4. The molecule has 0 saturated carbocycles. The molecule has 0 atom stereocenters. The average molecular weight is 306 g/mol. The van der Waals surface area contributed by atoms with Crippen molar-refractivity contribution in [3.8, 4) is 22.8 Å². The smallest absolute Gasteiger partial charge is 0.335 e. The van der Waals surface area contributed by atoms with E-state index < -0.39 is 0 Å². The predicted octanol–water partition coefficient (Wildman–Crippen LogP) is 2.42. The maximum atomic E-state index is 12.6. The number of aromatic amines is 1. The van der Waals surface area contributed by atoms with Crippen molar-refractivity contribution in [1.82, 2.24) is 19.1 Å². The molecule has 0 amide bonds. The Morgan fingerprint density at radius 2 is 1.91 bits per heavy atom. The monoisotopic (exact) mass is 306 g/mol. The molecule has 0 radical (unpaired) electrons. The van der Waals surface area contributed by atoms with Gasteiger partial charge in [-0.1, -0.05) is 30.3 Å². The molecule has 6 heteroatoms. The molecule has 2 aromatic heterocycles. The maximum absolute atomic E-state index is 12.6. The molecule has 4 rings (SSSR count). The van der Waals surface area contributed by atoms with Gasteiger partial charge in [0.2, 0.25) is 5.88 Å². The van der Waals surface area contributed by atoms with E-state index in [1.54, 1.807) is 13.4 Å². The van der Waals surface area contributed by atoms with Crippen molar-refractivity contribution in [3.63, 3.8) is 0 Å². The van der Waals surface area contributed by atoms with Gasteiger partial charge in [0, 0.05) is 12.6 Å². The van der Waals surface area contributed by atoms with Crippen molar-refractivity contribution in [3.05, 3.63) is 65.3 Å². The molecule has 0 spiro atoms. The Bertz CT molecular complexity index is 1060. The van der Waals surface area contributed by atoms with Gasteiger partial charge in [-0.3, -0.25) is 9.13 Å². The number of aromatic hydroxyl groups is 1. The molecule has 0 unspecified atom stereocenters. The van der Waals surface area contributed by atoms with Crippen molar-refractivity contribution in [2.24, 2.45) is 7.05 Å². The summed E-state index contributed by atoms with van der Waals surface area (Å²) in [6, 6.07) is 14.9. The normalized spacial score (nSPS) is 11.2. The predicted molar refractivity (Wildman–Crippen MR) is 87.8 cm³/mol. The number of nitrogens with zero attached hydrogens (tertiary/aromatic N) is 3. The number of benzene rings is 2. The summed E-state index contributed by atoms with van der Waals surface area (Å²) < 4.78 is 2.74. The number of fused-ring (bicyclic) bond motifs is 1. The van der Waals surface area contributed by atoms with E-state index in [-0.39, 0.29) is 11.6 Å². The quantitative estimate of drug-likeness (QED) is 0.597. The van der Waals surface area contributed by atoms with E-state index in [4.69, 9.17) is 0 Å². The second-order valence-electron chi connectivity index (χ2n) is 5.32. The van der Waals surface area contributed by atoms with Crippen LogP contribution in [0.1, 0.15) is 0 Å². The fourth-order valence-corrected chi connectivity index (χ4v) is 2.75. The van der Waals surface area contributed by atoms with E-state index in [0.29, 0.717) is 11.4 Å². The second kappa shape index (κ2) is 4.88. The van der Waals surface area contributed by atoms with E-state index >= 15 is 0 Å². The van der Waals surface area contributed by atoms with Gasteiger partial charge in [0.05, 0.1) is 23.0 Å². The standard InChI is InChI=1S/C17H14N4O2/c1-20-16(22)15(11-5-3-2-4-6-11)21(17(20)23)12-7-8-13-14(9-12)19-10-18-13/h2-10,22H,1H3,(H,18,19). The van der Waals surface area contributed by atoms with E-state index in [2.05, 4.69) is 9.97 Å². The molecule has 2 heterocycles. The molecular weight excluding hydrogens is 292 g/mol. The molecule has 2 aromatic carbocycles. The van der Waals surface area contributed by atoms with Gasteiger partial charge in [-0.2, -0.15) is 0 Å². The van der Waals surface area contributed by atoms with Crippen LogP contribution in [0.25, 0.3) is 28.0 Å². The highest BCUT2D eigenvalue weighted by atomic mass is 16.3. The summed E-state index contributed by atoms with van der Waals surface area (Å²) in [7, 11) is 1.55. The van der Waals surface area contributed by atoms with Crippen LogP contribution in [0, 0.1) is 0 Å². The summed E-state index contributed by atoms with van der Waals surface area (Å²) >= 11 is 0. The molecule has 23 heavy (non-hydrogen) atoms. The van der Waals surface area contributed by atoms with Crippen LogP contribution in [-0.4, -0.2) is 24.2 Å². The molecule has 0 bridgehead atoms. The topological polar surface area (TPSA) is 75.8 Å². The molecule has 0 aliphatic rings. The van der Waals surface area contributed by atoms with Crippen LogP contribution in [0.2, 0.25) is 0 Å². The number of H-pyrrole nitrogens is 1. The third-order valence-corrected chi connectivity index (χ3v) is 3.94. The minimum absolute atomic E-state index is 0.0640. The summed E-state index contributed by atoms with van der Waals surface area (Å²) in [5.41, 5.74) is 3.26. The molecule has 114 valence electrons. The van der Waals surface area contributed by atoms with Gasteiger partial charge in [0.1, 0.15) is 5.69 Å². The van der Waals surface area contributed by atoms with E-state index in [1.807, 2.05) is 48.5 Å². The van der Waals surface area contributed by atoms with Crippen LogP contribution >= 0.6 is 0 Å². The van der Waals surface area contributed by atoms with Crippen LogP contribution < -0.4 is 5.69 Å². The molecular formula is C17H14N4O2. The Balaban J connectivity index is 2.05. The highest BCUT2D eigenvalue weighted by Gasteiger charge is 2.20. The number of rotatable bonds is 2. The Hall–Kier alpha value is -3.28. The highest BCUT2D eigenvalue weighted by molar-refractivity contribution is 5.78. The van der Waals surface area contributed by atoms with Crippen molar-refractivity contribution in [2.45, 2.75) is 0 Å². The van der Waals surface area contributed by atoms with E-state index in [9.17, 15) is 9.90 Å². The highest BCUT2D eigenvalue weighted by Crippen LogP contribution is 2.30. The molecule has 0 aliphatic carbocycles. The maximum Gasteiger partial charge on any atom is 0.335 e. The fraction of sp³-hybridized carbons (Fsp3) is 0.0588. The third-order valence-electron chi connectivity index (χ3n) is 3.94. The lowest BCUT2D eigenvalue weighted by Crippen LogP contribution is -2.21. The molecule has 0 fully saturated rings. The first-order valence-electron chi connectivity index (χ1n) is 7.16. The Labute approximate surface area is 131 Å². The summed E-state index contributed by atoms with van der Waals surface area (Å²) in [5, 5.41) is 10.4. The van der Waals surface area contributed by atoms with Crippen molar-refractivity contribution < 1.29 is 5.11 Å². The SMILES string of the molecule is Cn1c(O)c(-c2ccccc2)n(-c2ccc3nc[nH]c3c2)c1=O. The summed E-state index contributed by atoms with van der Waals surface area (Å²) in [6.45, 7) is 0. The van der Waals surface area contributed by atoms with Crippen LogP contribution in [0.5, 0.6) is 5.88 Å². The van der Waals surface area contributed by atoms with Crippen LogP contribution in [0.4, 0.5) is 0 Å². The first kappa shape index (κ1) is 13.4. The number of hydrogen-bond acceptors (Lipinski definition) is 3. The summed E-state index contributed by atoms with van der Waals surface area (Å²) in [6.07, 6.45) is 1.61. The van der Waals surface area contributed by atoms with Gasteiger partial charge in [0.15, 0.2) is 0 Å². The van der Waals surface area contributed by atoms with Gasteiger partial charge in [0.25, 0.3) is 0 Å². The summed E-state index contributed by atoms with van der Waals surface area (Å²) in [5.74, 6) is -0.0640. The largest absolute Gasteiger partial charge is 0.493 e. The van der Waals surface area contributed by atoms with Crippen molar-refractivity contribution >= 4 is 11.0 Å². The zero-order valence-electron chi connectivity index (χ0n) is 12.4. The third kappa shape index (κ3) is 1.96. The van der Waals surface area contributed by atoms with Gasteiger partial charge in [-0.25, -0.2) is 9.78 Å². The van der Waals surface area contributed by atoms with Gasteiger partial charge in [-0.15, -0.1) is 0 Å². The lowest BCUT2D eigenvalue weighted by Gasteiger charge is -2.07. The molecule has 6 nitrogen and oxygen atoms in total. The molecule has 0 aliphatic heterocycles. The minimum atomic E-state index is -0.305. The number of imidazole rings is 2. The summed E-state index contributed by atoms with van der Waals surface area (Å²) in [4.78, 5) is 19.8. The fourth-order valence-electron chi connectivity index (χ4n) is 2.75. The van der Waals surface area contributed by atoms with Crippen LogP contribution in [-0.2, 0) is 7.05 Å². The Morgan fingerprint density at radius 1 is 1.13 bits per heavy atom. The van der Waals surface area contributed by atoms with Gasteiger partial charge < -0.3 is 10.1 Å². The minimum Gasteiger partial charge on any atom is -0.493 e. The molecule has 0 saturated heterocycles. The number of hydrogen-bond donors (Lipinski definition) is 2. The second-order valence-corrected chi connectivity index (χ2v) is 5.32. The van der Waals surface area contributed by atoms with E-state index in [1.165, 1.54) is 9.13 Å². The van der Waals surface area contributed by atoms with Crippen LogP contribution in [0.3, 0.4) is 0 Å². The van der Waals surface area contributed by atoms with Gasteiger partial charge >= 0.3 is 5.69 Å². The van der Waals surface area contributed by atoms with Crippen molar-refractivity contribution in [2.75, 3.05) is 0 Å². The van der Waals surface area contributed by atoms with Crippen LogP contribution in [0.15, 0.2) is 59.7 Å². The van der Waals surface area contributed by atoms with Gasteiger partial charge in [-0.05, 0) is 18.2 Å². The van der Waals surface area contributed by atoms with E-state index in [0.717, 1.165) is 16.6 Å². The first-order valence-corrected chi connectivity index (χ1v) is 7.16. The lowest BCUT2D eigenvalue weighted by atomic mass is 10.1. The number of nitrogens with one attached hydrogen (secondary N) is 1. The molecule has 2 N–H and O–H groups in total. The Morgan fingerprint density at radius 3 is 2.70 bits per heavy atom. The molecule has 4 aromatic rings. The lowest BCUT2D eigenvalue weighted by molar-refractivity contribution is 0.431. The zero-order chi connectivity index (χ0) is 16.0. The average Bonchev–Trinajstić information content (AvgIpc) is 3.13. The first-order chi connectivity index (χ1) is 11.2. The Kier molecular flexibility index (Phi) is 2.84.